The Morgan fingerprint density at radius 2 is 2.17 bits per heavy atom. The smallest absolute Gasteiger partial charge is 0.307 e. The quantitative estimate of drug-likeness (QED) is 0.560. The van der Waals surface area contributed by atoms with Gasteiger partial charge in [-0.25, -0.2) is 5.43 Å². The number of ether oxygens (including phenoxy) is 1. The molecule has 6 nitrogen and oxygen atoms in total. The van der Waals surface area contributed by atoms with Gasteiger partial charge in [-0.2, -0.15) is 5.10 Å². The Kier molecular flexibility index (Phi) is 4.39. The van der Waals surface area contributed by atoms with E-state index in [4.69, 9.17) is 20.8 Å². The number of aromatic hydroxyl groups is 1. The number of hydrogen-bond donors (Lipinski definition) is 2. The fourth-order valence-corrected chi connectivity index (χ4v) is 2.33. The molecule has 0 bridgehead atoms. The van der Waals surface area contributed by atoms with Crippen molar-refractivity contribution < 1.29 is 19.1 Å². The van der Waals surface area contributed by atoms with Gasteiger partial charge in [-0.1, -0.05) is 23.7 Å². The number of fused-ring (bicyclic) bond motifs is 1. The number of rotatable bonds is 4. The average molecular weight is 345 g/mol. The number of carbonyl (C=O) groups is 1. The molecule has 0 aliphatic rings. The molecule has 1 amide bonds. The minimum atomic E-state index is -0.522. The zero-order valence-corrected chi connectivity index (χ0v) is 13.4. The standard InChI is InChI=1S/C17H13ClN2O4/c1-23-14-4-2-3-10-8-15(24-16(10)14)17(22)20-19-9-11-7-12(18)5-6-13(11)21/h2-9,21H,1H3,(H,20,22)/b19-9-. The number of methoxy groups -OCH3 is 1. The third-order valence-corrected chi connectivity index (χ3v) is 3.55. The van der Waals surface area contributed by atoms with Gasteiger partial charge in [-0.05, 0) is 30.3 Å². The number of benzene rings is 2. The Morgan fingerprint density at radius 1 is 1.33 bits per heavy atom. The first kappa shape index (κ1) is 15.9. The molecular weight excluding hydrogens is 332 g/mol. The van der Waals surface area contributed by atoms with E-state index in [0.29, 0.717) is 21.9 Å². The lowest BCUT2D eigenvalue weighted by Gasteiger charge is -2.00. The predicted molar refractivity (Wildman–Crippen MR) is 90.9 cm³/mol. The maximum Gasteiger partial charge on any atom is 0.307 e. The van der Waals surface area contributed by atoms with Gasteiger partial charge in [0.05, 0.1) is 13.3 Å². The van der Waals surface area contributed by atoms with Crippen LogP contribution in [0.2, 0.25) is 5.02 Å². The SMILES string of the molecule is COc1cccc2cc(C(=O)N/N=C\c3cc(Cl)ccc3O)oc12. The van der Waals surface area contributed by atoms with E-state index in [1.54, 1.807) is 24.3 Å². The van der Waals surface area contributed by atoms with Gasteiger partial charge in [0.2, 0.25) is 0 Å². The van der Waals surface area contributed by atoms with Gasteiger partial charge in [-0.15, -0.1) is 0 Å². The van der Waals surface area contributed by atoms with Crippen LogP contribution in [-0.4, -0.2) is 24.3 Å². The highest BCUT2D eigenvalue weighted by Gasteiger charge is 2.14. The van der Waals surface area contributed by atoms with E-state index in [1.807, 2.05) is 6.07 Å². The van der Waals surface area contributed by atoms with Crippen molar-refractivity contribution in [1.82, 2.24) is 5.43 Å². The third kappa shape index (κ3) is 3.18. The normalized spacial score (nSPS) is 11.1. The first-order chi connectivity index (χ1) is 11.6. The zero-order valence-electron chi connectivity index (χ0n) is 12.6. The van der Waals surface area contributed by atoms with E-state index in [2.05, 4.69) is 10.5 Å². The van der Waals surface area contributed by atoms with Crippen LogP contribution >= 0.6 is 11.6 Å². The summed E-state index contributed by atoms with van der Waals surface area (Å²) in [6.45, 7) is 0. The number of carbonyl (C=O) groups excluding carboxylic acids is 1. The minimum absolute atomic E-state index is 0.00544. The van der Waals surface area contributed by atoms with Crippen LogP contribution in [0.4, 0.5) is 0 Å². The molecule has 0 fully saturated rings. The monoisotopic (exact) mass is 344 g/mol. The molecule has 0 radical (unpaired) electrons. The number of hydrazone groups is 1. The Hall–Kier alpha value is -2.99. The fraction of sp³-hybridized carbons (Fsp3) is 0.0588. The maximum atomic E-state index is 12.1. The van der Waals surface area contributed by atoms with Gasteiger partial charge < -0.3 is 14.3 Å². The summed E-state index contributed by atoms with van der Waals surface area (Å²) < 4.78 is 10.7. The van der Waals surface area contributed by atoms with Crippen LogP contribution in [0.1, 0.15) is 16.1 Å². The topological polar surface area (TPSA) is 84.1 Å². The van der Waals surface area contributed by atoms with Crippen LogP contribution in [-0.2, 0) is 0 Å². The highest BCUT2D eigenvalue weighted by Crippen LogP contribution is 2.28. The summed E-state index contributed by atoms with van der Waals surface area (Å²) in [5.41, 5.74) is 3.21. The Morgan fingerprint density at radius 3 is 2.96 bits per heavy atom. The van der Waals surface area contributed by atoms with Crippen molar-refractivity contribution >= 4 is 34.7 Å². The number of phenols is 1. The Balaban J connectivity index is 1.78. The summed E-state index contributed by atoms with van der Waals surface area (Å²) in [6.07, 6.45) is 1.29. The van der Waals surface area contributed by atoms with E-state index >= 15 is 0 Å². The van der Waals surface area contributed by atoms with E-state index in [9.17, 15) is 9.90 Å². The maximum absolute atomic E-state index is 12.1. The molecule has 2 aromatic carbocycles. The average Bonchev–Trinajstić information content (AvgIpc) is 3.02. The molecule has 0 saturated heterocycles. The lowest BCUT2D eigenvalue weighted by atomic mass is 10.2. The summed E-state index contributed by atoms with van der Waals surface area (Å²) in [4.78, 5) is 12.1. The molecule has 24 heavy (non-hydrogen) atoms. The van der Waals surface area contributed by atoms with Gasteiger partial charge in [0.1, 0.15) is 5.75 Å². The molecule has 0 spiro atoms. The van der Waals surface area contributed by atoms with Crippen LogP contribution < -0.4 is 10.2 Å². The Labute approximate surface area is 142 Å². The molecule has 3 rings (SSSR count). The van der Waals surface area contributed by atoms with Crippen molar-refractivity contribution in [2.45, 2.75) is 0 Å². The van der Waals surface area contributed by atoms with Crippen LogP contribution in [0.3, 0.4) is 0 Å². The Bertz CT molecular complexity index is 933. The largest absolute Gasteiger partial charge is 0.507 e. The molecule has 2 N–H and O–H groups in total. The van der Waals surface area contributed by atoms with Crippen LogP contribution in [0, 0.1) is 0 Å². The molecule has 0 unspecified atom stereocenters. The molecule has 0 atom stereocenters. The number of amides is 1. The number of hydrogen-bond acceptors (Lipinski definition) is 5. The van der Waals surface area contributed by atoms with Crippen molar-refractivity contribution in [2.24, 2.45) is 5.10 Å². The first-order valence-electron chi connectivity index (χ1n) is 6.97. The molecule has 7 heteroatoms. The summed E-state index contributed by atoms with van der Waals surface area (Å²) in [6, 6.07) is 11.5. The number of para-hydroxylation sites is 1. The molecule has 0 aliphatic heterocycles. The van der Waals surface area contributed by atoms with Crippen molar-refractivity contribution in [2.75, 3.05) is 7.11 Å². The summed E-state index contributed by atoms with van der Waals surface area (Å²) >= 11 is 5.84. The third-order valence-electron chi connectivity index (χ3n) is 3.31. The van der Waals surface area contributed by atoms with E-state index < -0.39 is 5.91 Å². The van der Waals surface area contributed by atoms with Gasteiger partial charge in [-0.3, -0.25) is 4.79 Å². The van der Waals surface area contributed by atoms with E-state index in [-0.39, 0.29) is 11.5 Å². The molecule has 122 valence electrons. The van der Waals surface area contributed by atoms with Crippen LogP contribution in [0.5, 0.6) is 11.5 Å². The number of phenolic OH excluding ortho intramolecular Hbond substituents is 1. The number of halogens is 1. The lowest BCUT2D eigenvalue weighted by molar-refractivity contribution is 0.0929. The van der Waals surface area contributed by atoms with Crippen molar-refractivity contribution in [3.8, 4) is 11.5 Å². The van der Waals surface area contributed by atoms with Crippen molar-refractivity contribution in [3.05, 3.63) is 58.8 Å². The summed E-state index contributed by atoms with van der Waals surface area (Å²) in [5, 5.41) is 14.7. The number of furan rings is 1. The number of nitrogens with one attached hydrogen (secondary N) is 1. The zero-order chi connectivity index (χ0) is 17.1. The molecule has 3 aromatic rings. The summed E-state index contributed by atoms with van der Waals surface area (Å²) in [7, 11) is 1.53. The molecule has 0 aliphatic carbocycles. The van der Waals surface area contributed by atoms with Gasteiger partial charge in [0, 0.05) is 16.0 Å². The van der Waals surface area contributed by atoms with Crippen LogP contribution in [0.25, 0.3) is 11.0 Å². The van der Waals surface area contributed by atoms with Gasteiger partial charge in [0.15, 0.2) is 17.1 Å². The van der Waals surface area contributed by atoms with E-state index in [1.165, 1.54) is 25.5 Å². The van der Waals surface area contributed by atoms with Crippen molar-refractivity contribution in [1.29, 1.82) is 0 Å². The second kappa shape index (κ2) is 6.64. The van der Waals surface area contributed by atoms with E-state index in [0.717, 1.165) is 5.39 Å². The molecule has 0 saturated carbocycles. The number of nitrogens with zero attached hydrogens (tertiary/aromatic N) is 1. The van der Waals surface area contributed by atoms with Gasteiger partial charge >= 0.3 is 5.91 Å². The van der Waals surface area contributed by atoms with Crippen LogP contribution in [0.15, 0.2) is 52.0 Å². The second-order valence-electron chi connectivity index (χ2n) is 4.89. The van der Waals surface area contributed by atoms with Crippen molar-refractivity contribution in [3.63, 3.8) is 0 Å². The molecular formula is C17H13ClN2O4. The molecule has 1 aromatic heterocycles. The second-order valence-corrected chi connectivity index (χ2v) is 5.33. The lowest BCUT2D eigenvalue weighted by Crippen LogP contribution is -2.16. The summed E-state index contributed by atoms with van der Waals surface area (Å²) in [5.74, 6) is 0.123. The minimum Gasteiger partial charge on any atom is -0.507 e. The first-order valence-corrected chi connectivity index (χ1v) is 7.35. The molecule has 1 heterocycles. The fourth-order valence-electron chi connectivity index (χ4n) is 2.15. The predicted octanol–water partition coefficient (Wildman–Crippen LogP) is 3.56. The van der Waals surface area contributed by atoms with Gasteiger partial charge in [0.25, 0.3) is 0 Å². The highest BCUT2D eigenvalue weighted by atomic mass is 35.5. The highest BCUT2D eigenvalue weighted by molar-refractivity contribution is 6.30.